The van der Waals surface area contributed by atoms with Crippen molar-refractivity contribution in [3.05, 3.63) is 44.7 Å². The summed E-state index contributed by atoms with van der Waals surface area (Å²) >= 11 is 15.1. The Labute approximate surface area is 130 Å². The van der Waals surface area contributed by atoms with Crippen LogP contribution >= 0.6 is 39.1 Å². The van der Waals surface area contributed by atoms with E-state index in [1.807, 2.05) is 0 Å². The zero-order valence-electron chi connectivity index (χ0n) is 10.2. The van der Waals surface area contributed by atoms with Crippen molar-refractivity contribution in [3.8, 4) is 11.6 Å². The van der Waals surface area contributed by atoms with Gasteiger partial charge >= 0.3 is 0 Å². The van der Waals surface area contributed by atoms with Gasteiger partial charge < -0.3 is 4.74 Å². The van der Waals surface area contributed by atoms with E-state index in [2.05, 4.69) is 32.8 Å². The Morgan fingerprint density at radius 3 is 2.63 bits per heavy atom. The van der Waals surface area contributed by atoms with Crippen LogP contribution in [0.2, 0.25) is 10.0 Å². The van der Waals surface area contributed by atoms with E-state index in [-0.39, 0.29) is 0 Å². The Balaban J connectivity index is 2.24. The fraction of sp³-hybridized carbons (Fsp3) is 0.231. The zero-order valence-corrected chi connectivity index (χ0v) is 13.3. The summed E-state index contributed by atoms with van der Waals surface area (Å²) in [5.41, 5.74) is 0. The smallest absolute Gasteiger partial charge is 0.223 e. The average molecular weight is 362 g/mol. The Bertz CT molecular complexity index is 593. The van der Waals surface area contributed by atoms with Crippen LogP contribution in [0.5, 0.6) is 11.6 Å². The van der Waals surface area contributed by atoms with Crippen molar-refractivity contribution in [1.29, 1.82) is 0 Å². The first-order valence-electron chi connectivity index (χ1n) is 5.75. The van der Waals surface area contributed by atoms with Gasteiger partial charge in [-0.15, -0.1) is 0 Å². The zero-order chi connectivity index (χ0) is 13.8. The number of nitrogens with zero attached hydrogens (tertiary/aromatic N) is 2. The number of aromatic nitrogens is 2. The molecule has 0 atom stereocenters. The van der Waals surface area contributed by atoms with Gasteiger partial charge in [-0.25, -0.2) is 4.98 Å². The number of rotatable bonds is 4. The van der Waals surface area contributed by atoms with Crippen molar-refractivity contribution in [1.82, 2.24) is 9.97 Å². The minimum absolute atomic E-state index is 0.445. The van der Waals surface area contributed by atoms with Gasteiger partial charge in [0.1, 0.15) is 16.2 Å². The van der Waals surface area contributed by atoms with Crippen molar-refractivity contribution in [2.75, 3.05) is 0 Å². The molecule has 0 unspecified atom stereocenters. The maximum atomic E-state index is 5.94. The van der Waals surface area contributed by atoms with E-state index in [9.17, 15) is 0 Å². The molecule has 0 N–H and O–H groups in total. The quantitative estimate of drug-likeness (QED) is 0.694. The molecule has 3 nitrogen and oxygen atoms in total. The summed E-state index contributed by atoms with van der Waals surface area (Å²) in [6, 6.07) is 6.78. The summed E-state index contributed by atoms with van der Waals surface area (Å²) in [5.74, 6) is 1.80. The topological polar surface area (TPSA) is 35.0 Å². The highest BCUT2D eigenvalue weighted by Crippen LogP contribution is 2.29. The molecule has 1 aromatic heterocycles. The van der Waals surface area contributed by atoms with Crippen molar-refractivity contribution in [2.45, 2.75) is 19.8 Å². The summed E-state index contributed by atoms with van der Waals surface area (Å²) < 4.78 is 6.35. The Kier molecular flexibility index (Phi) is 5.02. The van der Waals surface area contributed by atoms with Gasteiger partial charge in [0, 0.05) is 18.6 Å². The Morgan fingerprint density at radius 2 is 1.95 bits per heavy atom. The van der Waals surface area contributed by atoms with E-state index in [1.54, 1.807) is 24.3 Å². The molecule has 0 aliphatic rings. The number of aryl methyl sites for hydroxylation is 1. The summed E-state index contributed by atoms with van der Waals surface area (Å²) in [7, 11) is 0. The van der Waals surface area contributed by atoms with Crippen LogP contribution < -0.4 is 4.74 Å². The maximum Gasteiger partial charge on any atom is 0.223 e. The second-order valence-electron chi connectivity index (χ2n) is 3.87. The van der Waals surface area contributed by atoms with Gasteiger partial charge in [0.15, 0.2) is 0 Å². The van der Waals surface area contributed by atoms with Crippen LogP contribution in [0.15, 0.2) is 28.9 Å². The van der Waals surface area contributed by atoms with Crippen LogP contribution in [0.25, 0.3) is 0 Å². The van der Waals surface area contributed by atoms with Crippen LogP contribution in [0.4, 0.5) is 0 Å². The van der Waals surface area contributed by atoms with Crippen LogP contribution in [0, 0.1) is 0 Å². The lowest BCUT2D eigenvalue weighted by atomic mass is 10.3. The van der Waals surface area contributed by atoms with Gasteiger partial charge in [0.2, 0.25) is 5.88 Å². The predicted molar refractivity (Wildman–Crippen MR) is 80.3 cm³/mol. The summed E-state index contributed by atoms with van der Waals surface area (Å²) in [6.07, 6.45) is 1.78. The van der Waals surface area contributed by atoms with E-state index in [0.29, 0.717) is 26.3 Å². The molecule has 1 heterocycles. The van der Waals surface area contributed by atoms with Crippen molar-refractivity contribution in [2.24, 2.45) is 0 Å². The number of benzene rings is 1. The highest BCUT2D eigenvalue weighted by Gasteiger charge is 2.06. The van der Waals surface area contributed by atoms with Crippen LogP contribution in [0.3, 0.4) is 0 Å². The normalized spacial score (nSPS) is 10.5. The largest absolute Gasteiger partial charge is 0.439 e. The molecular weight excluding hydrogens is 351 g/mol. The van der Waals surface area contributed by atoms with Gasteiger partial charge in [-0.1, -0.05) is 30.1 Å². The minimum Gasteiger partial charge on any atom is -0.439 e. The molecule has 0 saturated heterocycles. The number of hydrogen-bond acceptors (Lipinski definition) is 3. The van der Waals surface area contributed by atoms with Crippen molar-refractivity contribution in [3.63, 3.8) is 0 Å². The fourth-order valence-corrected chi connectivity index (χ4v) is 2.18. The molecule has 0 bridgehead atoms. The van der Waals surface area contributed by atoms with E-state index >= 15 is 0 Å². The Hall–Kier alpha value is -0.840. The van der Waals surface area contributed by atoms with Crippen molar-refractivity contribution < 1.29 is 4.74 Å². The van der Waals surface area contributed by atoms with E-state index in [4.69, 9.17) is 27.9 Å². The van der Waals surface area contributed by atoms with Gasteiger partial charge in [0.05, 0.1) is 10.0 Å². The van der Waals surface area contributed by atoms with Gasteiger partial charge in [0.25, 0.3) is 0 Å². The first kappa shape index (κ1) is 14.6. The molecule has 0 radical (unpaired) electrons. The standard InChI is InChI=1S/C13H11BrCl2N2O/c1-2-3-12-17-11(14)7-13(18-12)19-8-4-5-9(15)10(16)6-8/h4-7H,2-3H2,1H3. The molecule has 0 aliphatic carbocycles. The van der Waals surface area contributed by atoms with Crippen LogP contribution in [-0.2, 0) is 6.42 Å². The molecule has 2 rings (SSSR count). The molecular formula is C13H11BrCl2N2O. The monoisotopic (exact) mass is 360 g/mol. The highest BCUT2D eigenvalue weighted by atomic mass is 79.9. The third-order valence-electron chi connectivity index (χ3n) is 2.30. The van der Waals surface area contributed by atoms with Gasteiger partial charge in [-0.05, 0) is 34.5 Å². The lowest BCUT2D eigenvalue weighted by Crippen LogP contribution is -1.97. The number of ether oxygens (including phenoxy) is 1. The number of hydrogen-bond donors (Lipinski definition) is 0. The third-order valence-corrected chi connectivity index (χ3v) is 3.45. The second-order valence-corrected chi connectivity index (χ2v) is 5.50. The van der Waals surface area contributed by atoms with Crippen LogP contribution in [-0.4, -0.2) is 9.97 Å². The van der Waals surface area contributed by atoms with Crippen LogP contribution in [0.1, 0.15) is 19.2 Å². The molecule has 100 valence electrons. The molecule has 0 spiro atoms. The SMILES string of the molecule is CCCc1nc(Br)cc(Oc2ccc(Cl)c(Cl)c2)n1. The Morgan fingerprint density at radius 1 is 1.16 bits per heavy atom. The molecule has 1 aromatic carbocycles. The summed E-state index contributed by atoms with van der Waals surface area (Å²) in [4.78, 5) is 8.61. The fourth-order valence-electron chi connectivity index (χ4n) is 1.49. The second kappa shape index (κ2) is 6.55. The molecule has 0 aliphatic heterocycles. The van der Waals surface area contributed by atoms with E-state index in [1.165, 1.54) is 0 Å². The molecule has 19 heavy (non-hydrogen) atoms. The molecule has 0 fully saturated rings. The first-order valence-corrected chi connectivity index (χ1v) is 7.29. The molecule has 0 saturated carbocycles. The maximum absolute atomic E-state index is 5.94. The third kappa shape index (κ3) is 4.06. The minimum atomic E-state index is 0.445. The average Bonchev–Trinajstić information content (AvgIpc) is 2.33. The molecule has 0 amide bonds. The summed E-state index contributed by atoms with van der Waals surface area (Å²) in [5, 5.41) is 0.936. The highest BCUT2D eigenvalue weighted by molar-refractivity contribution is 9.10. The number of halogens is 3. The lowest BCUT2D eigenvalue weighted by molar-refractivity contribution is 0.457. The molecule has 2 aromatic rings. The van der Waals surface area contributed by atoms with Gasteiger partial charge in [-0.2, -0.15) is 4.98 Å². The van der Waals surface area contributed by atoms with E-state index < -0.39 is 0 Å². The molecule has 6 heteroatoms. The predicted octanol–water partition coefficient (Wildman–Crippen LogP) is 5.29. The van der Waals surface area contributed by atoms with Crippen molar-refractivity contribution >= 4 is 39.1 Å². The lowest BCUT2D eigenvalue weighted by Gasteiger charge is -2.07. The van der Waals surface area contributed by atoms with Gasteiger partial charge in [-0.3, -0.25) is 0 Å². The first-order chi connectivity index (χ1) is 9.08. The van der Waals surface area contributed by atoms with E-state index in [0.717, 1.165) is 18.7 Å². The summed E-state index contributed by atoms with van der Waals surface area (Å²) in [6.45, 7) is 2.07.